The second-order valence-electron chi connectivity index (χ2n) is 3.84. The van der Waals surface area contributed by atoms with Gasteiger partial charge >= 0.3 is 0 Å². The van der Waals surface area contributed by atoms with E-state index in [4.69, 9.17) is 4.74 Å². The molecule has 0 aromatic heterocycles. The summed E-state index contributed by atoms with van der Waals surface area (Å²) in [5.41, 5.74) is 3.07. The van der Waals surface area contributed by atoms with Crippen LogP contribution >= 0.6 is 15.9 Å². The Morgan fingerprint density at radius 3 is 2.62 bits per heavy atom. The Labute approximate surface area is 87.2 Å². The first-order chi connectivity index (χ1) is 6.26. The summed E-state index contributed by atoms with van der Waals surface area (Å²) in [7, 11) is 0. The van der Waals surface area contributed by atoms with Crippen molar-refractivity contribution in [3.63, 3.8) is 0 Å². The Morgan fingerprint density at radius 1 is 1.38 bits per heavy atom. The van der Waals surface area contributed by atoms with Crippen molar-refractivity contribution in [1.82, 2.24) is 0 Å². The van der Waals surface area contributed by atoms with E-state index in [0.29, 0.717) is 0 Å². The number of ether oxygens (including phenoxy) is 1. The number of rotatable bonds is 2. The molecule has 1 aromatic carbocycles. The third-order valence-corrected chi connectivity index (χ3v) is 3.26. The molecular weight excluding hydrogens is 228 g/mol. The first-order valence-corrected chi connectivity index (χ1v) is 5.60. The predicted octanol–water partition coefficient (Wildman–Crippen LogP) is 2.87. The minimum Gasteiger partial charge on any atom is -0.379 e. The number of halogens is 1. The van der Waals surface area contributed by atoms with Crippen LogP contribution in [-0.4, -0.2) is 13.2 Å². The molecule has 1 aromatic rings. The summed E-state index contributed by atoms with van der Waals surface area (Å²) >= 11 is 3.51. The summed E-state index contributed by atoms with van der Waals surface area (Å²) in [6, 6.07) is 8.57. The topological polar surface area (TPSA) is 9.23 Å². The van der Waals surface area contributed by atoms with Crippen LogP contribution in [0.5, 0.6) is 0 Å². The van der Waals surface area contributed by atoms with Gasteiger partial charge in [0.1, 0.15) is 0 Å². The molecule has 0 radical (unpaired) electrons. The van der Waals surface area contributed by atoms with Crippen LogP contribution in [0, 0.1) is 0 Å². The zero-order valence-electron chi connectivity index (χ0n) is 7.72. The summed E-state index contributed by atoms with van der Waals surface area (Å²) in [4.78, 5) is 0. The SMILES string of the molecule is CC1(c2ccccc2CBr)COC1. The first-order valence-electron chi connectivity index (χ1n) is 4.48. The average Bonchev–Trinajstić information content (AvgIpc) is 2.14. The quantitative estimate of drug-likeness (QED) is 0.723. The maximum atomic E-state index is 5.28. The van der Waals surface area contributed by atoms with Crippen molar-refractivity contribution in [1.29, 1.82) is 0 Å². The molecule has 0 unspecified atom stereocenters. The first kappa shape index (κ1) is 9.22. The minimum atomic E-state index is 0.254. The molecule has 1 fully saturated rings. The molecule has 2 rings (SSSR count). The van der Waals surface area contributed by atoms with E-state index in [0.717, 1.165) is 18.5 Å². The fourth-order valence-electron chi connectivity index (χ4n) is 1.79. The summed E-state index contributed by atoms with van der Waals surface area (Å²) < 4.78 is 5.28. The van der Waals surface area contributed by atoms with Crippen molar-refractivity contribution in [2.24, 2.45) is 0 Å². The lowest BCUT2D eigenvalue weighted by molar-refractivity contribution is -0.0503. The van der Waals surface area contributed by atoms with Gasteiger partial charge in [-0.05, 0) is 11.1 Å². The Morgan fingerprint density at radius 2 is 2.08 bits per heavy atom. The van der Waals surface area contributed by atoms with Crippen molar-refractivity contribution >= 4 is 15.9 Å². The summed E-state index contributed by atoms with van der Waals surface area (Å²) in [5.74, 6) is 0. The molecule has 13 heavy (non-hydrogen) atoms. The number of hydrogen-bond acceptors (Lipinski definition) is 1. The standard InChI is InChI=1S/C11H13BrO/c1-11(7-13-8-11)10-5-3-2-4-9(10)6-12/h2-5H,6-8H2,1H3. The Bertz CT molecular complexity index is 305. The lowest BCUT2D eigenvalue weighted by Crippen LogP contribution is -2.44. The highest BCUT2D eigenvalue weighted by Gasteiger charge is 2.36. The van der Waals surface area contributed by atoms with Crippen LogP contribution in [-0.2, 0) is 15.5 Å². The summed E-state index contributed by atoms with van der Waals surface area (Å²) in [6.45, 7) is 3.98. The molecular formula is C11H13BrO. The van der Waals surface area contributed by atoms with E-state index >= 15 is 0 Å². The molecule has 0 atom stereocenters. The molecule has 1 nitrogen and oxygen atoms in total. The van der Waals surface area contributed by atoms with Gasteiger partial charge < -0.3 is 4.74 Å². The van der Waals surface area contributed by atoms with Crippen LogP contribution in [0.25, 0.3) is 0 Å². The van der Waals surface area contributed by atoms with Crippen LogP contribution < -0.4 is 0 Å². The summed E-state index contributed by atoms with van der Waals surface area (Å²) in [6.07, 6.45) is 0. The van der Waals surface area contributed by atoms with Gasteiger partial charge in [-0.2, -0.15) is 0 Å². The van der Waals surface area contributed by atoms with Gasteiger partial charge in [-0.3, -0.25) is 0 Å². The fourth-order valence-corrected chi connectivity index (χ4v) is 2.28. The van der Waals surface area contributed by atoms with Gasteiger partial charge in [0.05, 0.1) is 13.2 Å². The Kier molecular flexibility index (Phi) is 2.43. The molecule has 0 N–H and O–H groups in total. The maximum absolute atomic E-state index is 5.28. The second-order valence-corrected chi connectivity index (χ2v) is 4.40. The molecule has 70 valence electrons. The van der Waals surface area contributed by atoms with Crippen LogP contribution in [0.15, 0.2) is 24.3 Å². The fraction of sp³-hybridized carbons (Fsp3) is 0.455. The van der Waals surface area contributed by atoms with Gasteiger partial charge in [0.15, 0.2) is 0 Å². The van der Waals surface area contributed by atoms with Gasteiger partial charge in [-0.25, -0.2) is 0 Å². The Hall–Kier alpha value is -0.340. The van der Waals surface area contributed by atoms with Crippen molar-refractivity contribution in [3.8, 4) is 0 Å². The molecule has 1 aliphatic rings. The third-order valence-electron chi connectivity index (χ3n) is 2.65. The van der Waals surface area contributed by atoms with Gasteiger partial charge in [0.2, 0.25) is 0 Å². The smallest absolute Gasteiger partial charge is 0.0583 e. The van der Waals surface area contributed by atoms with E-state index in [9.17, 15) is 0 Å². The molecule has 0 amide bonds. The van der Waals surface area contributed by atoms with Crippen LogP contribution in [0.3, 0.4) is 0 Å². The normalized spacial score (nSPS) is 19.5. The van der Waals surface area contributed by atoms with E-state index in [1.807, 2.05) is 0 Å². The highest BCUT2D eigenvalue weighted by molar-refractivity contribution is 9.08. The highest BCUT2D eigenvalue weighted by Crippen LogP contribution is 2.34. The zero-order chi connectivity index (χ0) is 9.31. The average molecular weight is 241 g/mol. The van der Waals surface area contributed by atoms with Crippen molar-refractivity contribution in [2.45, 2.75) is 17.7 Å². The van der Waals surface area contributed by atoms with Gasteiger partial charge in [-0.1, -0.05) is 47.1 Å². The second kappa shape index (κ2) is 3.43. The third kappa shape index (κ3) is 1.53. The zero-order valence-corrected chi connectivity index (χ0v) is 9.30. The van der Waals surface area contributed by atoms with Gasteiger partial charge in [0.25, 0.3) is 0 Å². The molecule has 2 heteroatoms. The lowest BCUT2D eigenvalue weighted by Gasteiger charge is -2.39. The molecule has 1 saturated heterocycles. The minimum absolute atomic E-state index is 0.254. The number of alkyl halides is 1. The maximum Gasteiger partial charge on any atom is 0.0583 e. The molecule has 1 aliphatic heterocycles. The van der Waals surface area contributed by atoms with E-state index < -0.39 is 0 Å². The van der Waals surface area contributed by atoms with Crippen molar-refractivity contribution < 1.29 is 4.74 Å². The monoisotopic (exact) mass is 240 g/mol. The largest absolute Gasteiger partial charge is 0.379 e. The van der Waals surface area contributed by atoms with Crippen LogP contribution in [0.2, 0.25) is 0 Å². The summed E-state index contributed by atoms with van der Waals surface area (Å²) in [5, 5.41) is 0.929. The number of benzene rings is 1. The van der Waals surface area contributed by atoms with Crippen molar-refractivity contribution in [3.05, 3.63) is 35.4 Å². The van der Waals surface area contributed by atoms with Crippen LogP contribution in [0.4, 0.5) is 0 Å². The lowest BCUT2D eigenvalue weighted by atomic mass is 9.79. The van der Waals surface area contributed by atoms with Crippen molar-refractivity contribution in [2.75, 3.05) is 13.2 Å². The van der Waals surface area contributed by atoms with E-state index in [1.54, 1.807) is 0 Å². The highest BCUT2D eigenvalue weighted by atomic mass is 79.9. The molecule has 0 spiro atoms. The number of hydrogen-bond donors (Lipinski definition) is 0. The molecule has 1 heterocycles. The molecule has 0 bridgehead atoms. The van der Waals surface area contributed by atoms with Crippen LogP contribution in [0.1, 0.15) is 18.1 Å². The van der Waals surface area contributed by atoms with E-state index in [1.165, 1.54) is 11.1 Å². The predicted molar refractivity (Wildman–Crippen MR) is 57.2 cm³/mol. The van der Waals surface area contributed by atoms with Gasteiger partial charge in [-0.15, -0.1) is 0 Å². The van der Waals surface area contributed by atoms with E-state index in [2.05, 4.69) is 47.1 Å². The Balaban J connectivity index is 2.38. The van der Waals surface area contributed by atoms with Gasteiger partial charge in [0, 0.05) is 10.7 Å². The molecule has 0 saturated carbocycles. The molecule has 0 aliphatic carbocycles. The van der Waals surface area contributed by atoms with E-state index in [-0.39, 0.29) is 5.41 Å².